The lowest BCUT2D eigenvalue weighted by Gasteiger charge is -2.08. The third kappa shape index (κ3) is 2.85. The molecule has 0 radical (unpaired) electrons. The first-order valence-corrected chi connectivity index (χ1v) is 8.83. The van der Waals surface area contributed by atoms with Crippen molar-refractivity contribution in [3.63, 3.8) is 0 Å². The molecule has 0 saturated carbocycles. The van der Waals surface area contributed by atoms with Crippen LogP contribution in [0.25, 0.3) is 27.7 Å². The molecule has 0 spiro atoms. The molecule has 0 amide bonds. The number of benzene rings is 1. The molecule has 3 heterocycles. The molecule has 4 rings (SSSR count). The Kier molecular flexibility index (Phi) is 4.38. The first-order chi connectivity index (χ1) is 14.0. The number of nitrogens with zero attached hydrogens (tertiary/aromatic N) is 1. The summed E-state index contributed by atoms with van der Waals surface area (Å²) in [6.07, 6.45) is -2.50. The molecular weight excluding hydrogens is 378 g/mol. The van der Waals surface area contributed by atoms with Crippen molar-refractivity contribution in [1.29, 1.82) is 0 Å². The summed E-state index contributed by atoms with van der Waals surface area (Å²) in [5, 5.41) is 18.5. The molecule has 4 aromatic rings. The summed E-state index contributed by atoms with van der Waals surface area (Å²) in [6, 6.07) is 12.8. The smallest absolute Gasteiger partial charge is 0.497 e. The third-order valence-electron chi connectivity index (χ3n) is 4.80. The average molecular weight is 395 g/mol. The van der Waals surface area contributed by atoms with Crippen LogP contribution in [0.1, 0.15) is 12.5 Å². The molecule has 0 aliphatic rings. The van der Waals surface area contributed by atoms with E-state index in [1.165, 1.54) is 7.11 Å². The first kappa shape index (κ1) is 18.4. The van der Waals surface area contributed by atoms with Crippen molar-refractivity contribution in [1.82, 2.24) is 4.40 Å². The third-order valence-corrected chi connectivity index (χ3v) is 4.80. The van der Waals surface area contributed by atoms with Crippen molar-refractivity contribution in [2.45, 2.75) is 13.3 Å². The fourth-order valence-corrected chi connectivity index (χ4v) is 3.78. The summed E-state index contributed by atoms with van der Waals surface area (Å²) in [6.45, 7) is 1.99. The van der Waals surface area contributed by atoms with Gasteiger partial charge in [0.25, 0.3) is 0 Å². The molecule has 1 aromatic carbocycles. The predicted molar refractivity (Wildman–Crippen MR) is 105 cm³/mol. The molecule has 148 valence electrons. The van der Waals surface area contributed by atoms with Crippen LogP contribution in [0, 0.1) is 0 Å². The zero-order valence-corrected chi connectivity index (χ0v) is 15.6. The topological polar surface area (TPSA) is 107 Å². The molecule has 3 aromatic heterocycles. The average Bonchev–Trinajstić information content (AvgIpc) is 3.18. The lowest BCUT2D eigenvalue weighted by molar-refractivity contribution is 0.134. The van der Waals surface area contributed by atoms with Crippen LogP contribution in [0.2, 0.25) is 0 Å². The maximum atomic E-state index is 11.4. The molecule has 0 bridgehead atoms. The van der Waals surface area contributed by atoms with Gasteiger partial charge in [-0.15, -0.1) is 0 Å². The van der Waals surface area contributed by atoms with Crippen molar-refractivity contribution in [3.8, 4) is 28.4 Å². The largest absolute Gasteiger partial charge is 0.511 e. The van der Waals surface area contributed by atoms with E-state index in [4.69, 9.17) is 14.2 Å². The Morgan fingerprint density at radius 2 is 1.59 bits per heavy atom. The molecule has 0 atom stereocenters. The molecule has 8 nitrogen and oxygen atoms in total. The summed E-state index contributed by atoms with van der Waals surface area (Å²) >= 11 is 0. The Balaban J connectivity index is 2.23. The van der Waals surface area contributed by atoms with Gasteiger partial charge in [-0.2, -0.15) is 0 Å². The first-order valence-electron chi connectivity index (χ1n) is 8.83. The summed E-state index contributed by atoms with van der Waals surface area (Å²) in [5.41, 5.74) is 4.07. The van der Waals surface area contributed by atoms with Crippen LogP contribution in [0.15, 0.2) is 42.5 Å². The minimum absolute atomic E-state index is 0.170. The lowest BCUT2D eigenvalue weighted by atomic mass is 9.99. The number of rotatable bonds is 5. The number of ether oxygens (including phenoxy) is 3. The number of hydrogen-bond donors (Lipinski definition) is 2. The van der Waals surface area contributed by atoms with Crippen LogP contribution in [0.3, 0.4) is 0 Å². The van der Waals surface area contributed by atoms with Gasteiger partial charge < -0.3 is 28.8 Å². The number of pyridine rings is 1. The zero-order chi connectivity index (χ0) is 20.7. The number of carbonyl (C=O) groups is 2. The Labute approximate surface area is 164 Å². The van der Waals surface area contributed by atoms with Crippen molar-refractivity contribution in [2.24, 2.45) is 0 Å². The Hall–Kier alpha value is -3.94. The maximum absolute atomic E-state index is 11.4. The highest BCUT2D eigenvalue weighted by Gasteiger charge is 2.30. The fraction of sp³-hybridized carbons (Fsp3) is 0.143. The Morgan fingerprint density at radius 1 is 0.966 bits per heavy atom. The minimum atomic E-state index is -1.58. The molecule has 29 heavy (non-hydrogen) atoms. The van der Waals surface area contributed by atoms with Crippen molar-refractivity contribution >= 4 is 28.9 Å². The number of carboxylic acid groups (broad SMARTS) is 2. The van der Waals surface area contributed by atoms with Crippen LogP contribution in [0.5, 0.6) is 17.2 Å². The lowest BCUT2D eigenvalue weighted by Crippen LogP contribution is -2.07. The van der Waals surface area contributed by atoms with E-state index in [1.54, 1.807) is 10.5 Å². The highest BCUT2D eigenvalue weighted by atomic mass is 16.7. The highest BCUT2D eigenvalue weighted by molar-refractivity contribution is 6.03. The molecular formula is C21H17NO7. The van der Waals surface area contributed by atoms with Gasteiger partial charge in [0.05, 0.1) is 18.1 Å². The van der Waals surface area contributed by atoms with Crippen molar-refractivity contribution in [3.05, 3.63) is 48.0 Å². The number of methoxy groups -OCH3 is 1. The normalized spacial score (nSPS) is 11.1. The monoisotopic (exact) mass is 395 g/mol. The number of aromatic nitrogens is 1. The second kappa shape index (κ2) is 6.90. The molecule has 2 N–H and O–H groups in total. The van der Waals surface area contributed by atoms with E-state index in [1.807, 2.05) is 43.3 Å². The van der Waals surface area contributed by atoms with E-state index in [9.17, 15) is 19.8 Å². The van der Waals surface area contributed by atoms with Crippen LogP contribution >= 0.6 is 0 Å². The SMILES string of the molecule is CCc1c(-c2ccccc2)c2c(OC(=O)O)c(OC(=O)O)c3cc(OC)cc1n32. The molecule has 0 unspecified atom stereocenters. The highest BCUT2D eigenvalue weighted by Crippen LogP contribution is 2.50. The minimum Gasteiger partial charge on any atom is -0.497 e. The quantitative estimate of drug-likeness (QED) is 0.464. The van der Waals surface area contributed by atoms with Gasteiger partial charge in [0.2, 0.25) is 11.5 Å². The molecule has 0 fully saturated rings. The fourth-order valence-electron chi connectivity index (χ4n) is 3.78. The van der Waals surface area contributed by atoms with Gasteiger partial charge in [-0.1, -0.05) is 37.3 Å². The maximum Gasteiger partial charge on any atom is 0.511 e. The van der Waals surface area contributed by atoms with E-state index in [2.05, 4.69) is 0 Å². The zero-order valence-electron chi connectivity index (χ0n) is 15.6. The van der Waals surface area contributed by atoms with Gasteiger partial charge >= 0.3 is 12.3 Å². The standard InChI is InChI=1S/C21H17NO7/c1-3-13-14-9-12(27-2)10-15-18(28-20(23)24)19(29-21(25)26)17(22(14)15)16(13)11-7-5-4-6-8-11/h4-10H,3H2,1-2H3,(H,23,24)(H,25,26). The van der Waals surface area contributed by atoms with Crippen molar-refractivity contribution in [2.75, 3.05) is 7.11 Å². The predicted octanol–water partition coefficient (Wildman–Crippen LogP) is 4.88. The summed E-state index contributed by atoms with van der Waals surface area (Å²) in [5.74, 6) is 0.115. The van der Waals surface area contributed by atoms with Crippen LogP contribution < -0.4 is 14.2 Å². The summed E-state index contributed by atoms with van der Waals surface area (Å²) in [7, 11) is 1.50. The van der Waals surface area contributed by atoms with Gasteiger partial charge in [-0.3, -0.25) is 0 Å². The van der Waals surface area contributed by atoms with Gasteiger partial charge in [0, 0.05) is 17.7 Å². The van der Waals surface area contributed by atoms with E-state index in [0.29, 0.717) is 23.2 Å². The van der Waals surface area contributed by atoms with Gasteiger partial charge in [-0.05, 0) is 17.5 Å². The number of aryl methyl sites for hydroxylation is 1. The van der Waals surface area contributed by atoms with Crippen LogP contribution in [0.4, 0.5) is 9.59 Å². The molecule has 0 saturated heterocycles. The molecule has 8 heteroatoms. The Bertz CT molecular complexity index is 1230. The second-order valence-electron chi connectivity index (χ2n) is 6.32. The van der Waals surface area contributed by atoms with E-state index in [0.717, 1.165) is 22.2 Å². The number of hydrogen-bond acceptors (Lipinski definition) is 5. The van der Waals surface area contributed by atoms with E-state index >= 15 is 0 Å². The van der Waals surface area contributed by atoms with Gasteiger partial charge in [0.1, 0.15) is 11.3 Å². The van der Waals surface area contributed by atoms with E-state index in [-0.39, 0.29) is 11.5 Å². The Morgan fingerprint density at radius 3 is 2.17 bits per heavy atom. The van der Waals surface area contributed by atoms with Crippen LogP contribution in [-0.4, -0.2) is 34.0 Å². The summed E-state index contributed by atoms with van der Waals surface area (Å²) < 4.78 is 17.1. The van der Waals surface area contributed by atoms with Crippen LogP contribution in [-0.2, 0) is 6.42 Å². The second-order valence-corrected chi connectivity index (χ2v) is 6.32. The van der Waals surface area contributed by atoms with Crippen molar-refractivity contribution < 1.29 is 34.0 Å². The van der Waals surface area contributed by atoms with E-state index < -0.39 is 12.3 Å². The van der Waals surface area contributed by atoms with Gasteiger partial charge in [0.15, 0.2) is 0 Å². The molecule has 0 aliphatic carbocycles. The van der Waals surface area contributed by atoms with Gasteiger partial charge in [-0.25, -0.2) is 9.59 Å². The summed E-state index contributed by atoms with van der Waals surface area (Å²) in [4.78, 5) is 22.7. The molecule has 0 aliphatic heterocycles.